The Labute approximate surface area is 237 Å². The predicted molar refractivity (Wildman–Crippen MR) is 156 cm³/mol. The summed E-state index contributed by atoms with van der Waals surface area (Å²) < 4.78 is 6.83. The largest absolute Gasteiger partial charge is 0.444 e. The van der Waals surface area contributed by atoms with E-state index < -0.39 is 11.7 Å². The lowest BCUT2D eigenvalue weighted by atomic mass is 10.1. The van der Waals surface area contributed by atoms with Crippen molar-refractivity contribution in [3.63, 3.8) is 0 Å². The lowest BCUT2D eigenvalue weighted by Gasteiger charge is -2.19. The number of nitrogens with one attached hydrogen (secondary N) is 3. The molecule has 0 aliphatic rings. The molecule has 40 heavy (non-hydrogen) atoms. The van der Waals surface area contributed by atoms with Crippen molar-refractivity contribution >= 4 is 41.0 Å². The molecule has 0 bridgehead atoms. The van der Waals surface area contributed by atoms with Gasteiger partial charge in [0.05, 0.1) is 16.3 Å². The van der Waals surface area contributed by atoms with Crippen molar-refractivity contribution in [2.24, 2.45) is 7.05 Å². The van der Waals surface area contributed by atoms with Crippen molar-refractivity contribution in [2.45, 2.75) is 32.9 Å². The van der Waals surface area contributed by atoms with Crippen molar-refractivity contribution in [2.75, 3.05) is 10.6 Å². The minimum Gasteiger partial charge on any atom is -0.444 e. The van der Waals surface area contributed by atoms with Crippen LogP contribution in [0.5, 0.6) is 0 Å². The number of rotatable bonds is 7. The molecule has 4 aromatic rings. The fourth-order valence-corrected chi connectivity index (χ4v) is 4.01. The molecule has 0 aliphatic heterocycles. The van der Waals surface area contributed by atoms with Crippen LogP contribution in [0.15, 0.2) is 78.9 Å². The average Bonchev–Trinajstić information content (AvgIpc) is 3.27. The third-order valence-corrected chi connectivity index (χ3v) is 6.03. The molecule has 9 nitrogen and oxygen atoms in total. The van der Waals surface area contributed by atoms with Crippen LogP contribution in [0, 0.1) is 0 Å². The van der Waals surface area contributed by atoms with E-state index in [4.69, 9.17) is 16.3 Å². The van der Waals surface area contributed by atoms with Crippen LogP contribution in [-0.4, -0.2) is 33.3 Å². The van der Waals surface area contributed by atoms with Crippen LogP contribution < -0.4 is 16.0 Å². The Morgan fingerprint density at radius 3 is 2.33 bits per heavy atom. The van der Waals surface area contributed by atoms with Crippen LogP contribution >= 0.6 is 11.6 Å². The number of nitrogens with zero attached hydrogens (tertiary/aromatic N) is 2. The van der Waals surface area contributed by atoms with Crippen molar-refractivity contribution in [1.82, 2.24) is 15.1 Å². The van der Waals surface area contributed by atoms with Gasteiger partial charge in [0, 0.05) is 36.5 Å². The zero-order chi connectivity index (χ0) is 28.9. The Kier molecular flexibility index (Phi) is 8.55. The number of benzene rings is 3. The SMILES string of the molecule is Cn1nc(-c2ccc(NC(=O)c3ccccc3Cl)cc2)cc1NC(=O)c1cccc(CNC(=O)OC(C)(C)C)c1. The number of hydrogen-bond donors (Lipinski definition) is 3. The Balaban J connectivity index is 1.39. The molecule has 0 saturated heterocycles. The summed E-state index contributed by atoms with van der Waals surface area (Å²) in [6.45, 7) is 5.60. The molecule has 10 heteroatoms. The minimum absolute atomic E-state index is 0.223. The molecule has 206 valence electrons. The summed E-state index contributed by atoms with van der Waals surface area (Å²) in [6.07, 6.45) is -0.527. The summed E-state index contributed by atoms with van der Waals surface area (Å²) in [7, 11) is 1.73. The maximum absolute atomic E-state index is 13.0. The summed E-state index contributed by atoms with van der Waals surface area (Å²) >= 11 is 6.11. The number of aryl methyl sites for hydroxylation is 1. The smallest absolute Gasteiger partial charge is 0.407 e. The van der Waals surface area contributed by atoms with Crippen LogP contribution in [0.4, 0.5) is 16.3 Å². The first-order valence-corrected chi connectivity index (χ1v) is 12.9. The maximum atomic E-state index is 13.0. The molecule has 3 amide bonds. The van der Waals surface area contributed by atoms with Gasteiger partial charge in [-0.25, -0.2) is 4.79 Å². The van der Waals surface area contributed by atoms with E-state index in [9.17, 15) is 14.4 Å². The average molecular weight is 560 g/mol. The van der Waals surface area contributed by atoms with Crippen LogP contribution in [0.2, 0.25) is 5.02 Å². The summed E-state index contributed by atoms with van der Waals surface area (Å²) in [6, 6.07) is 22.8. The van der Waals surface area contributed by atoms with E-state index in [2.05, 4.69) is 21.0 Å². The number of amides is 3. The Hall–Kier alpha value is -4.63. The Bertz CT molecular complexity index is 1540. The molecular formula is C30H30ClN5O4. The molecule has 0 spiro atoms. The molecule has 0 unspecified atom stereocenters. The fourth-order valence-electron chi connectivity index (χ4n) is 3.79. The van der Waals surface area contributed by atoms with E-state index >= 15 is 0 Å². The van der Waals surface area contributed by atoms with E-state index in [-0.39, 0.29) is 18.4 Å². The summed E-state index contributed by atoms with van der Waals surface area (Å²) in [4.78, 5) is 37.4. The number of alkyl carbamates (subject to hydrolysis) is 1. The molecule has 1 heterocycles. The first-order chi connectivity index (χ1) is 19.0. The van der Waals surface area contributed by atoms with E-state index in [1.807, 2.05) is 18.2 Å². The molecule has 0 fully saturated rings. The zero-order valence-electron chi connectivity index (χ0n) is 22.6. The van der Waals surface area contributed by atoms with Gasteiger partial charge in [-0.05, 0) is 62.7 Å². The van der Waals surface area contributed by atoms with Crippen LogP contribution in [-0.2, 0) is 18.3 Å². The third-order valence-electron chi connectivity index (χ3n) is 5.70. The second kappa shape index (κ2) is 12.0. The van der Waals surface area contributed by atoms with Gasteiger partial charge in [-0.1, -0.05) is 48.0 Å². The van der Waals surface area contributed by atoms with E-state index in [0.717, 1.165) is 11.1 Å². The van der Waals surface area contributed by atoms with Gasteiger partial charge in [0.25, 0.3) is 11.8 Å². The highest BCUT2D eigenvalue weighted by molar-refractivity contribution is 6.34. The Morgan fingerprint density at radius 2 is 1.62 bits per heavy atom. The number of aromatic nitrogens is 2. The number of carbonyl (C=O) groups excluding carboxylic acids is 3. The topological polar surface area (TPSA) is 114 Å². The third kappa shape index (κ3) is 7.48. The summed E-state index contributed by atoms with van der Waals surface area (Å²) in [5, 5.41) is 13.3. The fraction of sp³-hybridized carbons (Fsp3) is 0.200. The van der Waals surface area contributed by atoms with Gasteiger partial charge in [0.1, 0.15) is 11.4 Å². The van der Waals surface area contributed by atoms with Crippen LogP contribution in [0.3, 0.4) is 0 Å². The predicted octanol–water partition coefficient (Wildman–Crippen LogP) is 6.27. The van der Waals surface area contributed by atoms with Gasteiger partial charge < -0.3 is 20.7 Å². The molecule has 0 saturated carbocycles. The van der Waals surface area contributed by atoms with Crippen molar-refractivity contribution in [3.8, 4) is 11.3 Å². The van der Waals surface area contributed by atoms with Crippen LogP contribution in [0.25, 0.3) is 11.3 Å². The molecule has 3 N–H and O–H groups in total. The van der Waals surface area contributed by atoms with Gasteiger partial charge in [-0.2, -0.15) is 5.10 Å². The lowest BCUT2D eigenvalue weighted by molar-refractivity contribution is 0.0523. The maximum Gasteiger partial charge on any atom is 0.407 e. The van der Waals surface area contributed by atoms with Crippen molar-refractivity contribution in [1.29, 1.82) is 0 Å². The highest BCUT2D eigenvalue weighted by Crippen LogP contribution is 2.24. The summed E-state index contributed by atoms with van der Waals surface area (Å²) in [5.41, 5.74) is 3.06. The van der Waals surface area contributed by atoms with E-state index in [0.29, 0.717) is 33.3 Å². The van der Waals surface area contributed by atoms with Gasteiger partial charge in [-0.3, -0.25) is 14.3 Å². The Morgan fingerprint density at radius 1 is 0.900 bits per heavy atom. The highest BCUT2D eigenvalue weighted by atomic mass is 35.5. The van der Waals surface area contributed by atoms with Crippen molar-refractivity contribution in [3.05, 3.63) is 101 Å². The number of hydrogen-bond acceptors (Lipinski definition) is 5. The number of ether oxygens (including phenoxy) is 1. The molecule has 1 aromatic heterocycles. The second-order valence-electron chi connectivity index (χ2n) is 10.1. The number of anilines is 2. The molecule has 0 radical (unpaired) electrons. The first kappa shape index (κ1) is 28.4. The number of carbonyl (C=O) groups is 3. The monoisotopic (exact) mass is 559 g/mol. The van der Waals surface area contributed by atoms with Crippen LogP contribution in [0.1, 0.15) is 47.1 Å². The molecular weight excluding hydrogens is 530 g/mol. The molecule has 0 atom stereocenters. The molecule has 3 aromatic carbocycles. The minimum atomic E-state index is -0.594. The molecule has 4 rings (SSSR count). The zero-order valence-corrected chi connectivity index (χ0v) is 23.4. The molecule has 0 aliphatic carbocycles. The first-order valence-electron chi connectivity index (χ1n) is 12.6. The normalized spacial score (nSPS) is 11.0. The van der Waals surface area contributed by atoms with Gasteiger partial charge in [-0.15, -0.1) is 0 Å². The van der Waals surface area contributed by atoms with Gasteiger partial charge >= 0.3 is 6.09 Å². The number of halogens is 1. The summed E-state index contributed by atoms with van der Waals surface area (Å²) in [5.74, 6) is -0.106. The van der Waals surface area contributed by atoms with Crippen molar-refractivity contribution < 1.29 is 19.1 Å². The van der Waals surface area contributed by atoms with E-state index in [1.54, 1.807) is 93.2 Å². The highest BCUT2D eigenvalue weighted by Gasteiger charge is 2.17. The standard InChI is InChI=1S/C30H30ClN5O4/c1-30(2,3)40-29(39)32-18-19-8-7-9-21(16-19)27(37)34-26-17-25(35-36(26)4)20-12-14-22(15-13-20)33-28(38)23-10-5-6-11-24(23)31/h5-17H,18H2,1-4H3,(H,32,39)(H,33,38)(H,34,37). The van der Waals surface area contributed by atoms with Gasteiger partial charge in [0.2, 0.25) is 0 Å². The van der Waals surface area contributed by atoms with Gasteiger partial charge in [0.15, 0.2) is 0 Å². The quantitative estimate of drug-likeness (QED) is 0.247. The second-order valence-corrected chi connectivity index (χ2v) is 10.5. The lowest BCUT2D eigenvalue weighted by Crippen LogP contribution is -2.32. The van der Waals surface area contributed by atoms with E-state index in [1.165, 1.54) is 0 Å².